The Balaban J connectivity index is 0.000000980. The van der Waals surface area contributed by atoms with Gasteiger partial charge >= 0.3 is 0 Å². The SMILES string of the molecule is Brc1cnn2c(N[C@H]3CCNC3)c3c(nc12)C1(CCCCC1)CC3.Cl.Cl. The molecule has 1 spiro atoms. The van der Waals surface area contributed by atoms with Gasteiger partial charge in [0.15, 0.2) is 5.65 Å². The van der Waals surface area contributed by atoms with Crippen LogP contribution in [0.15, 0.2) is 10.7 Å². The smallest absolute Gasteiger partial charge is 0.171 e. The van der Waals surface area contributed by atoms with Gasteiger partial charge in [-0.2, -0.15) is 9.61 Å². The van der Waals surface area contributed by atoms with Crippen molar-refractivity contribution in [3.8, 4) is 0 Å². The van der Waals surface area contributed by atoms with Crippen molar-refractivity contribution in [3.05, 3.63) is 21.9 Å². The summed E-state index contributed by atoms with van der Waals surface area (Å²) in [4.78, 5) is 5.13. The molecule has 0 radical (unpaired) electrons. The average Bonchev–Trinajstić information content (AvgIpc) is 3.31. The summed E-state index contributed by atoms with van der Waals surface area (Å²) < 4.78 is 3.01. The Morgan fingerprint density at radius 2 is 2.00 bits per heavy atom. The van der Waals surface area contributed by atoms with Gasteiger partial charge in [0, 0.05) is 23.6 Å². The standard InChI is InChI=1S/C18H24BrN5.2ClH/c19-14-11-21-24-16(22-12-5-9-20-10-12)13-4-8-18(6-2-1-3-7-18)15(13)23-17(14)24;;/h11-12,20,22H,1-10H2;2*1H/t12-;;/m0../s1. The van der Waals surface area contributed by atoms with Gasteiger partial charge in [-0.1, -0.05) is 19.3 Å². The monoisotopic (exact) mass is 461 g/mol. The van der Waals surface area contributed by atoms with Crippen LogP contribution in [0.25, 0.3) is 5.65 Å². The lowest BCUT2D eigenvalue weighted by Crippen LogP contribution is -2.28. The van der Waals surface area contributed by atoms with Gasteiger partial charge in [0.1, 0.15) is 5.82 Å². The number of nitrogens with one attached hydrogen (secondary N) is 2. The van der Waals surface area contributed by atoms with Gasteiger partial charge in [-0.3, -0.25) is 0 Å². The van der Waals surface area contributed by atoms with E-state index in [0.29, 0.717) is 11.5 Å². The Morgan fingerprint density at radius 3 is 2.73 bits per heavy atom. The zero-order valence-corrected chi connectivity index (χ0v) is 18.0. The fraction of sp³-hybridized carbons (Fsp3) is 0.667. The molecule has 3 aliphatic rings. The van der Waals surface area contributed by atoms with Crippen molar-refractivity contribution < 1.29 is 0 Å². The van der Waals surface area contributed by atoms with Crippen LogP contribution < -0.4 is 10.6 Å². The Hall–Kier alpha value is -0.560. The lowest BCUT2D eigenvalue weighted by atomic mass is 9.72. The fourth-order valence-electron chi connectivity index (χ4n) is 4.99. The number of anilines is 1. The quantitative estimate of drug-likeness (QED) is 0.700. The molecule has 8 heteroatoms. The molecule has 1 saturated heterocycles. The maximum Gasteiger partial charge on any atom is 0.171 e. The van der Waals surface area contributed by atoms with Crippen LogP contribution in [-0.2, 0) is 11.8 Å². The first-order valence-corrected chi connectivity index (χ1v) is 10.1. The minimum atomic E-state index is 0. The lowest BCUT2D eigenvalue weighted by molar-refractivity contribution is 0.286. The van der Waals surface area contributed by atoms with Crippen LogP contribution in [0.4, 0.5) is 5.82 Å². The van der Waals surface area contributed by atoms with E-state index in [0.717, 1.165) is 29.6 Å². The van der Waals surface area contributed by atoms with Crippen LogP contribution in [0.5, 0.6) is 0 Å². The third-order valence-corrected chi connectivity index (χ3v) is 6.83. The van der Waals surface area contributed by atoms with E-state index in [1.165, 1.54) is 62.0 Å². The molecular formula is C18H26BrCl2N5. The van der Waals surface area contributed by atoms with Crippen molar-refractivity contribution in [2.75, 3.05) is 18.4 Å². The summed E-state index contributed by atoms with van der Waals surface area (Å²) in [5.41, 5.74) is 4.08. The molecule has 144 valence electrons. The van der Waals surface area contributed by atoms with Crippen LogP contribution in [-0.4, -0.2) is 33.7 Å². The molecule has 2 aliphatic carbocycles. The van der Waals surface area contributed by atoms with Gasteiger partial charge in [-0.05, 0) is 54.6 Å². The Morgan fingerprint density at radius 1 is 1.19 bits per heavy atom. The molecule has 0 bridgehead atoms. The summed E-state index contributed by atoms with van der Waals surface area (Å²) in [6.45, 7) is 2.13. The Labute approximate surface area is 175 Å². The number of hydrogen-bond acceptors (Lipinski definition) is 4. The highest BCUT2D eigenvalue weighted by Gasteiger charge is 2.43. The predicted molar refractivity (Wildman–Crippen MR) is 113 cm³/mol. The first-order chi connectivity index (χ1) is 11.8. The molecule has 5 rings (SSSR count). The molecule has 2 aromatic rings. The summed E-state index contributed by atoms with van der Waals surface area (Å²) >= 11 is 3.65. The van der Waals surface area contributed by atoms with E-state index in [9.17, 15) is 0 Å². The number of fused-ring (bicyclic) bond motifs is 3. The zero-order chi connectivity index (χ0) is 16.1. The predicted octanol–water partition coefficient (Wildman–Crippen LogP) is 4.26. The molecule has 0 amide bonds. The van der Waals surface area contributed by atoms with E-state index >= 15 is 0 Å². The number of halogens is 3. The van der Waals surface area contributed by atoms with E-state index in [1.807, 2.05) is 10.7 Å². The van der Waals surface area contributed by atoms with Crippen LogP contribution in [0.2, 0.25) is 0 Å². The van der Waals surface area contributed by atoms with E-state index < -0.39 is 0 Å². The summed E-state index contributed by atoms with van der Waals surface area (Å²) in [6.07, 6.45) is 12.1. The number of rotatable bonds is 2. The van der Waals surface area contributed by atoms with Gasteiger partial charge in [0.05, 0.1) is 16.4 Å². The molecule has 1 saturated carbocycles. The van der Waals surface area contributed by atoms with Gasteiger partial charge < -0.3 is 10.6 Å². The second kappa shape index (κ2) is 7.82. The number of nitrogens with zero attached hydrogens (tertiary/aromatic N) is 3. The first-order valence-electron chi connectivity index (χ1n) is 9.31. The molecule has 0 unspecified atom stereocenters. The minimum absolute atomic E-state index is 0. The Kier molecular flexibility index (Phi) is 6.07. The molecule has 2 aromatic heterocycles. The molecule has 1 atom stereocenters. The lowest BCUT2D eigenvalue weighted by Gasteiger charge is -2.33. The third-order valence-electron chi connectivity index (χ3n) is 6.27. The molecule has 2 fully saturated rings. The van der Waals surface area contributed by atoms with Crippen LogP contribution >= 0.6 is 40.7 Å². The molecule has 5 nitrogen and oxygen atoms in total. The fourth-order valence-corrected chi connectivity index (χ4v) is 5.34. The van der Waals surface area contributed by atoms with E-state index in [2.05, 4.69) is 31.7 Å². The molecule has 0 aromatic carbocycles. The largest absolute Gasteiger partial charge is 0.366 e. The third kappa shape index (κ3) is 3.13. The van der Waals surface area contributed by atoms with E-state index in [1.54, 1.807) is 0 Å². The highest BCUT2D eigenvalue weighted by molar-refractivity contribution is 9.10. The summed E-state index contributed by atoms with van der Waals surface area (Å²) in [6, 6.07) is 0.491. The average molecular weight is 463 g/mol. The number of hydrogen-bond donors (Lipinski definition) is 2. The molecule has 2 N–H and O–H groups in total. The first kappa shape index (κ1) is 20.2. The van der Waals surface area contributed by atoms with Crippen LogP contribution in [0.3, 0.4) is 0 Å². The van der Waals surface area contributed by atoms with Crippen molar-refractivity contribution in [3.63, 3.8) is 0 Å². The van der Waals surface area contributed by atoms with Gasteiger partial charge in [0.25, 0.3) is 0 Å². The Bertz CT molecular complexity index is 781. The molecular weight excluding hydrogens is 437 g/mol. The van der Waals surface area contributed by atoms with E-state index in [-0.39, 0.29) is 24.8 Å². The van der Waals surface area contributed by atoms with Crippen molar-refractivity contribution >= 4 is 52.2 Å². The van der Waals surface area contributed by atoms with Gasteiger partial charge in [0.2, 0.25) is 0 Å². The summed E-state index contributed by atoms with van der Waals surface area (Å²) in [5.74, 6) is 1.19. The van der Waals surface area contributed by atoms with Crippen molar-refractivity contribution in [2.24, 2.45) is 0 Å². The van der Waals surface area contributed by atoms with Crippen molar-refractivity contribution in [1.29, 1.82) is 0 Å². The van der Waals surface area contributed by atoms with Crippen LogP contribution in [0, 0.1) is 0 Å². The van der Waals surface area contributed by atoms with Crippen LogP contribution in [0.1, 0.15) is 56.2 Å². The molecule has 26 heavy (non-hydrogen) atoms. The number of aromatic nitrogens is 3. The van der Waals surface area contributed by atoms with E-state index in [4.69, 9.17) is 4.98 Å². The highest BCUT2D eigenvalue weighted by Crippen LogP contribution is 2.50. The van der Waals surface area contributed by atoms with Crippen molar-refractivity contribution in [1.82, 2.24) is 19.9 Å². The second-order valence-electron chi connectivity index (χ2n) is 7.69. The van der Waals surface area contributed by atoms with Gasteiger partial charge in [-0.25, -0.2) is 4.98 Å². The van der Waals surface area contributed by atoms with Crippen molar-refractivity contribution in [2.45, 2.75) is 62.8 Å². The normalized spacial score (nSPS) is 23.5. The highest BCUT2D eigenvalue weighted by atomic mass is 79.9. The van der Waals surface area contributed by atoms with Gasteiger partial charge in [-0.15, -0.1) is 24.8 Å². The molecule has 3 heterocycles. The minimum Gasteiger partial charge on any atom is -0.366 e. The maximum absolute atomic E-state index is 5.13. The summed E-state index contributed by atoms with van der Waals surface area (Å²) in [5, 5.41) is 11.8. The second-order valence-corrected chi connectivity index (χ2v) is 8.54. The zero-order valence-electron chi connectivity index (χ0n) is 14.8. The molecule has 1 aliphatic heterocycles. The summed E-state index contributed by atoms with van der Waals surface area (Å²) in [7, 11) is 0. The maximum atomic E-state index is 5.13. The topological polar surface area (TPSA) is 54.2 Å².